The molecule has 4 aliphatic heterocycles. The summed E-state index contributed by atoms with van der Waals surface area (Å²) in [6, 6.07) is -1.13. The fraction of sp³-hybridized carbons (Fsp3) is 0.875. The van der Waals surface area contributed by atoms with Gasteiger partial charge in [0.1, 0.15) is 6.04 Å². The minimum atomic E-state index is -0.688. The summed E-state index contributed by atoms with van der Waals surface area (Å²) in [7, 11) is 1.61. The SMILES string of the molecule is CNC(=O)[C@@H]1[C@H]2C(=O)N([C@@H](CO)CC(C)C)C(C(=O)NCCN3CCOCC3)C23CC[C@@]1(C)S3. The fourth-order valence-electron chi connectivity index (χ4n) is 6.69. The number of amides is 3. The third-order valence-corrected chi connectivity index (χ3v) is 10.2. The second kappa shape index (κ2) is 9.95. The lowest BCUT2D eigenvalue weighted by molar-refractivity contribution is -0.143. The summed E-state index contributed by atoms with van der Waals surface area (Å²) in [4.78, 5) is 44.7. The summed E-state index contributed by atoms with van der Waals surface area (Å²) < 4.78 is 4.39. The van der Waals surface area contributed by atoms with Gasteiger partial charge in [0.15, 0.2) is 0 Å². The summed E-state index contributed by atoms with van der Waals surface area (Å²) in [5.74, 6) is -1.22. The van der Waals surface area contributed by atoms with Gasteiger partial charge in [0.05, 0.1) is 42.4 Å². The van der Waals surface area contributed by atoms with E-state index in [9.17, 15) is 19.5 Å². The maximum Gasteiger partial charge on any atom is 0.244 e. The summed E-state index contributed by atoms with van der Waals surface area (Å²) in [6.07, 6.45) is 2.12. The number of nitrogens with zero attached hydrogens (tertiary/aromatic N) is 2. The Morgan fingerprint density at radius 2 is 1.94 bits per heavy atom. The molecule has 0 aliphatic carbocycles. The summed E-state index contributed by atoms with van der Waals surface area (Å²) in [5.41, 5.74) is 0. The highest BCUT2D eigenvalue weighted by Gasteiger charge is 2.77. The molecule has 3 N–H and O–H groups in total. The van der Waals surface area contributed by atoms with E-state index in [-0.39, 0.29) is 35.0 Å². The number of thioether (sulfide) groups is 1. The van der Waals surface area contributed by atoms with E-state index in [1.807, 2.05) is 0 Å². The van der Waals surface area contributed by atoms with Crippen LogP contribution in [-0.4, -0.2) is 107 Å². The van der Waals surface area contributed by atoms with Crippen LogP contribution in [-0.2, 0) is 19.1 Å². The van der Waals surface area contributed by atoms with Crippen molar-refractivity contribution in [1.29, 1.82) is 0 Å². The quantitative estimate of drug-likeness (QED) is 0.414. The Labute approximate surface area is 206 Å². The summed E-state index contributed by atoms with van der Waals surface area (Å²) in [5, 5.41) is 16.1. The number of hydrogen-bond donors (Lipinski definition) is 3. The van der Waals surface area contributed by atoms with Crippen LogP contribution in [0, 0.1) is 17.8 Å². The van der Waals surface area contributed by atoms with E-state index in [4.69, 9.17) is 4.74 Å². The number of aliphatic hydroxyl groups excluding tert-OH is 1. The van der Waals surface area contributed by atoms with Gasteiger partial charge in [0.25, 0.3) is 0 Å². The van der Waals surface area contributed by atoms with Crippen LogP contribution in [0.25, 0.3) is 0 Å². The van der Waals surface area contributed by atoms with Crippen LogP contribution in [0.5, 0.6) is 0 Å². The number of ether oxygens (including phenoxy) is 1. The Balaban J connectivity index is 1.62. The van der Waals surface area contributed by atoms with Gasteiger partial charge in [0, 0.05) is 38.0 Å². The molecule has 0 aromatic carbocycles. The third-order valence-electron chi connectivity index (χ3n) is 8.17. The van der Waals surface area contributed by atoms with E-state index in [0.29, 0.717) is 26.2 Å². The van der Waals surface area contributed by atoms with Crippen molar-refractivity contribution in [2.45, 2.75) is 61.6 Å². The zero-order valence-electron chi connectivity index (χ0n) is 20.8. The van der Waals surface area contributed by atoms with E-state index in [2.05, 4.69) is 36.3 Å². The molecule has 0 radical (unpaired) electrons. The number of likely N-dealkylation sites (tertiary alicyclic amines) is 1. The number of carbonyl (C=O) groups is 3. The molecule has 3 amide bonds. The van der Waals surface area contributed by atoms with E-state index in [1.165, 1.54) is 0 Å². The molecule has 34 heavy (non-hydrogen) atoms. The maximum absolute atomic E-state index is 14.0. The molecule has 4 rings (SSSR count). The molecule has 6 atom stereocenters. The Kier molecular flexibility index (Phi) is 7.53. The monoisotopic (exact) mass is 496 g/mol. The molecular formula is C24H40N4O5S. The average Bonchev–Trinajstić information content (AvgIpc) is 3.38. The van der Waals surface area contributed by atoms with Crippen molar-refractivity contribution in [1.82, 2.24) is 20.4 Å². The van der Waals surface area contributed by atoms with E-state index < -0.39 is 28.7 Å². The maximum atomic E-state index is 14.0. The Bertz CT molecular complexity index is 806. The molecule has 4 heterocycles. The Morgan fingerprint density at radius 1 is 1.24 bits per heavy atom. The first-order valence-electron chi connectivity index (χ1n) is 12.6. The van der Waals surface area contributed by atoms with Gasteiger partial charge in [-0.1, -0.05) is 13.8 Å². The smallest absolute Gasteiger partial charge is 0.244 e. The molecule has 0 aromatic rings. The normalized spacial score (nSPS) is 36.1. The fourth-order valence-corrected chi connectivity index (χ4v) is 9.03. The second-order valence-corrected chi connectivity index (χ2v) is 12.7. The molecular weight excluding hydrogens is 456 g/mol. The number of carbonyl (C=O) groups excluding carboxylic acids is 3. The highest BCUT2D eigenvalue weighted by atomic mass is 32.2. The van der Waals surface area contributed by atoms with Gasteiger partial charge in [0.2, 0.25) is 17.7 Å². The van der Waals surface area contributed by atoms with E-state index >= 15 is 0 Å². The van der Waals surface area contributed by atoms with Crippen molar-refractivity contribution in [3.8, 4) is 0 Å². The van der Waals surface area contributed by atoms with Gasteiger partial charge in [-0.15, -0.1) is 11.8 Å². The Morgan fingerprint density at radius 3 is 2.56 bits per heavy atom. The average molecular weight is 497 g/mol. The van der Waals surface area contributed by atoms with Gasteiger partial charge in [-0.25, -0.2) is 0 Å². The zero-order chi connectivity index (χ0) is 24.7. The lowest BCUT2D eigenvalue weighted by Crippen LogP contribution is -2.57. The minimum absolute atomic E-state index is 0.132. The van der Waals surface area contributed by atoms with Crippen LogP contribution in [0.2, 0.25) is 0 Å². The molecule has 0 aromatic heterocycles. The number of hydrogen-bond acceptors (Lipinski definition) is 7. The number of rotatable bonds is 9. The number of nitrogens with one attached hydrogen (secondary N) is 2. The van der Waals surface area contributed by atoms with Crippen molar-refractivity contribution >= 4 is 29.5 Å². The third kappa shape index (κ3) is 4.24. The molecule has 1 spiro atoms. The summed E-state index contributed by atoms with van der Waals surface area (Å²) >= 11 is 1.66. The lowest BCUT2D eigenvalue weighted by Gasteiger charge is -2.37. The van der Waals surface area contributed by atoms with Crippen molar-refractivity contribution < 1.29 is 24.2 Å². The molecule has 4 aliphatic rings. The predicted octanol–water partition coefficient (Wildman–Crippen LogP) is 0.0691. The van der Waals surface area contributed by atoms with Crippen molar-refractivity contribution in [3.05, 3.63) is 0 Å². The summed E-state index contributed by atoms with van der Waals surface area (Å²) in [6.45, 7) is 10.3. The van der Waals surface area contributed by atoms with Crippen molar-refractivity contribution in [2.75, 3.05) is 53.0 Å². The predicted molar refractivity (Wildman–Crippen MR) is 130 cm³/mol. The first kappa shape index (κ1) is 25.7. The van der Waals surface area contributed by atoms with Gasteiger partial charge >= 0.3 is 0 Å². The molecule has 4 fully saturated rings. The molecule has 9 nitrogen and oxygen atoms in total. The van der Waals surface area contributed by atoms with E-state index in [1.54, 1.807) is 23.7 Å². The van der Waals surface area contributed by atoms with Gasteiger partial charge in [-0.3, -0.25) is 19.3 Å². The zero-order valence-corrected chi connectivity index (χ0v) is 21.7. The lowest BCUT2D eigenvalue weighted by atomic mass is 9.66. The van der Waals surface area contributed by atoms with Crippen LogP contribution < -0.4 is 10.6 Å². The molecule has 2 unspecified atom stereocenters. The highest BCUT2D eigenvalue weighted by Crippen LogP contribution is 2.71. The number of morpholine rings is 1. The second-order valence-electron chi connectivity index (χ2n) is 10.8. The molecule has 2 bridgehead atoms. The molecule has 4 saturated heterocycles. The van der Waals surface area contributed by atoms with Crippen LogP contribution >= 0.6 is 11.8 Å². The largest absolute Gasteiger partial charge is 0.394 e. The number of fused-ring (bicyclic) bond motifs is 1. The van der Waals surface area contributed by atoms with Gasteiger partial charge < -0.3 is 25.4 Å². The van der Waals surface area contributed by atoms with Crippen molar-refractivity contribution in [3.63, 3.8) is 0 Å². The van der Waals surface area contributed by atoms with E-state index in [0.717, 1.165) is 32.5 Å². The minimum Gasteiger partial charge on any atom is -0.394 e. The van der Waals surface area contributed by atoms with Gasteiger partial charge in [-0.05, 0) is 32.1 Å². The highest BCUT2D eigenvalue weighted by molar-refractivity contribution is 8.02. The molecule has 192 valence electrons. The standard InChI is InChI=1S/C24H40N4O5S/c1-15(2)13-16(14-29)28-19(21(31)26-7-8-27-9-11-33-12-10-27)24-6-5-23(3,34-24)17(20(30)25-4)18(24)22(28)32/h15-19,29H,5-14H2,1-4H3,(H,25,30)(H,26,31)/t16-,17+,18+,19?,23-,24?/m1/s1. The first-order valence-corrected chi connectivity index (χ1v) is 13.4. The van der Waals surface area contributed by atoms with Crippen LogP contribution in [0.15, 0.2) is 0 Å². The first-order chi connectivity index (χ1) is 16.2. The number of aliphatic hydroxyl groups is 1. The Hall–Kier alpha value is -1.36. The molecule has 10 heteroatoms. The van der Waals surface area contributed by atoms with Crippen molar-refractivity contribution in [2.24, 2.45) is 17.8 Å². The van der Waals surface area contributed by atoms with Crippen LogP contribution in [0.4, 0.5) is 0 Å². The van der Waals surface area contributed by atoms with Crippen LogP contribution in [0.1, 0.15) is 40.0 Å². The van der Waals surface area contributed by atoms with Crippen LogP contribution in [0.3, 0.4) is 0 Å². The van der Waals surface area contributed by atoms with Gasteiger partial charge in [-0.2, -0.15) is 0 Å². The molecule has 0 saturated carbocycles. The topological polar surface area (TPSA) is 111 Å².